The molecule has 0 aromatic heterocycles. The van der Waals surface area contributed by atoms with Crippen molar-refractivity contribution in [1.82, 2.24) is 0 Å². The van der Waals surface area contributed by atoms with Gasteiger partial charge in [0.25, 0.3) is 0 Å². The fourth-order valence-corrected chi connectivity index (χ4v) is 3.65. The molecule has 0 aliphatic carbocycles. The maximum absolute atomic E-state index is 13.0. The highest BCUT2D eigenvalue weighted by Crippen LogP contribution is 2.45. The van der Waals surface area contributed by atoms with E-state index in [0.717, 1.165) is 39.4 Å². The average molecular weight is 393 g/mol. The number of methoxy groups -OCH3 is 2. The number of anilines is 1. The second-order valence-electron chi connectivity index (χ2n) is 7.52. The number of benzene rings is 2. The Bertz CT molecular complexity index is 958. The van der Waals surface area contributed by atoms with Gasteiger partial charge in [-0.2, -0.15) is 0 Å². The molecule has 0 bridgehead atoms. The molecule has 0 N–H and O–H groups in total. The molecule has 0 atom stereocenters. The molecule has 1 aliphatic heterocycles. The number of fused-ring (bicyclic) bond motifs is 1. The van der Waals surface area contributed by atoms with Crippen LogP contribution in [0.15, 0.2) is 36.4 Å². The summed E-state index contributed by atoms with van der Waals surface area (Å²) in [5.74, 6) is 1.71. The van der Waals surface area contributed by atoms with Crippen LogP contribution in [0.3, 0.4) is 0 Å². The molecule has 5 nitrogen and oxygen atoms in total. The first-order valence-electron chi connectivity index (χ1n) is 9.71. The van der Waals surface area contributed by atoms with Crippen LogP contribution >= 0.6 is 0 Å². The number of ether oxygens (including phenoxy) is 2. The lowest BCUT2D eigenvalue weighted by Crippen LogP contribution is -2.26. The first-order valence-corrected chi connectivity index (χ1v) is 9.71. The molecule has 1 heterocycles. The number of carbonyl (C=O) groups is 2. The van der Waals surface area contributed by atoms with Crippen LogP contribution < -0.4 is 14.4 Å². The smallest absolute Gasteiger partial charge is 0.231 e. The normalized spacial score (nSPS) is 13.3. The van der Waals surface area contributed by atoms with Gasteiger partial charge in [-0.3, -0.25) is 9.59 Å². The molecular formula is C24H27NO4. The van der Waals surface area contributed by atoms with Crippen molar-refractivity contribution in [2.24, 2.45) is 0 Å². The standard InChI is InChI=1S/C24H27NO4/c1-15(2)20-12-18(9-6-16(3)26)21-13-22(27)25(23(21)24(20)29-5)14-17-7-10-19(28-4)11-8-17/h6-12,15H,13-14H2,1-5H3/b9-6+. The van der Waals surface area contributed by atoms with E-state index in [1.54, 1.807) is 31.3 Å². The number of carbonyl (C=O) groups excluding carboxylic acids is 2. The van der Waals surface area contributed by atoms with E-state index in [2.05, 4.69) is 13.8 Å². The summed E-state index contributed by atoms with van der Waals surface area (Å²) in [6.07, 6.45) is 3.64. The molecule has 1 amide bonds. The lowest BCUT2D eigenvalue weighted by molar-refractivity contribution is -0.117. The molecule has 0 saturated carbocycles. The predicted octanol–water partition coefficient (Wildman–Crippen LogP) is 4.52. The Balaban J connectivity index is 2.12. The van der Waals surface area contributed by atoms with Crippen molar-refractivity contribution < 1.29 is 19.1 Å². The first kappa shape index (κ1) is 20.6. The zero-order valence-electron chi connectivity index (χ0n) is 17.6. The monoisotopic (exact) mass is 393 g/mol. The van der Waals surface area contributed by atoms with Crippen LogP contribution in [0.5, 0.6) is 11.5 Å². The molecule has 5 heteroatoms. The van der Waals surface area contributed by atoms with Crippen molar-refractivity contribution in [3.8, 4) is 11.5 Å². The topological polar surface area (TPSA) is 55.8 Å². The number of nitrogens with zero attached hydrogens (tertiary/aromatic N) is 1. The third-order valence-electron chi connectivity index (χ3n) is 5.15. The maximum Gasteiger partial charge on any atom is 0.231 e. The van der Waals surface area contributed by atoms with Crippen molar-refractivity contribution in [2.45, 2.75) is 39.7 Å². The van der Waals surface area contributed by atoms with Crippen molar-refractivity contribution in [2.75, 3.05) is 19.1 Å². The van der Waals surface area contributed by atoms with Crippen LogP contribution in [0.1, 0.15) is 48.9 Å². The molecule has 0 spiro atoms. The van der Waals surface area contributed by atoms with Gasteiger partial charge < -0.3 is 14.4 Å². The minimum atomic E-state index is -0.0277. The largest absolute Gasteiger partial charge is 0.497 e. The van der Waals surface area contributed by atoms with Gasteiger partial charge in [-0.1, -0.05) is 32.1 Å². The molecule has 0 fully saturated rings. The minimum absolute atomic E-state index is 0.0208. The fourth-order valence-electron chi connectivity index (χ4n) is 3.65. The molecule has 152 valence electrons. The van der Waals surface area contributed by atoms with E-state index in [1.807, 2.05) is 30.3 Å². The highest BCUT2D eigenvalue weighted by atomic mass is 16.5. The third-order valence-corrected chi connectivity index (χ3v) is 5.15. The average Bonchev–Trinajstić information content (AvgIpc) is 3.02. The van der Waals surface area contributed by atoms with Gasteiger partial charge in [0.15, 0.2) is 5.78 Å². The first-order chi connectivity index (χ1) is 13.8. The molecule has 0 radical (unpaired) electrons. The molecule has 29 heavy (non-hydrogen) atoms. The summed E-state index contributed by atoms with van der Waals surface area (Å²) in [6.45, 7) is 6.15. The SMILES string of the molecule is COc1ccc(CN2C(=O)Cc3c(/C=C/C(C)=O)cc(C(C)C)c(OC)c32)cc1. The van der Waals surface area contributed by atoms with Crippen LogP contribution in [0.2, 0.25) is 0 Å². The molecule has 3 rings (SSSR count). The highest BCUT2D eigenvalue weighted by Gasteiger charge is 2.34. The predicted molar refractivity (Wildman–Crippen MR) is 115 cm³/mol. The van der Waals surface area contributed by atoms with Crippen LogP contribution in [0.4, 0.5) is 5.69 Å². The van der Waals surface area contributed by atoms with Gasteiger partial charge in [0.05, 0.1) is 32.9 Å². The molecule has 0 saturated heterocycles. The number of rotatable bonds is 7. The zero-order valence-corrected chi connectivity index (χ0v) is 17.6. The van der Waals surface area contributed by atoms with Gasteiger partial charge >= 0.3 is 0 Å². The summed E-state index contributed by atoms with van der Waals surface area (Å²) in [7, 11) is 3.27. The maximum atomic E-state index is 13.0. The Morgan fingerprint density at radius 3 is 2.41 bits per heavy atom. The Hall–Kier alpha value is -3.08. The van der Waals surface area contributed by atoms with Crippen molar-refractivity contribution >= 4 is 23.5 Å². The third kappa shape index (κ3) is 4.19. The minimum Gasteiger partial charge on any atom is -0.497 e. The zero-order chi connectivity index (χ0) is 21.1. The number of amides is 1. The number of hydrogen-bond donors (Lipinski definition) is 0. The van der Waals surface area contributed by atoms with Crippen LogP contribution in [-0.2, 0) is 22.6 Å². The van der Waals surface area contributed by atoms with Crippen molar-refractivity contribution in [3.05, 3.63) is 58.7 Å². The molecular weight excluding hydrogens is 366 g/mol. The van der Waals surface area contributed by atoms with Gasteiger partial charge in [-0.05, 0) is 59.4 Å². The molecule has 0 unspecified atom stereocenters. The summed E-state index contributed by atoms with van der Waals surface area (Å²) in [6, 6.07) is 9.73. The van der Waals surface area contributed by atoms with E-state index in [9.17, 15) is 9.59 Å². The second kappa shape index (κ2) is 8.52. The molecule has 1 aliphatic rings. The van der Waals surface area contributed by atoms with Gasteiger partial charge in [-0.25, -0.2) is 0 Å². The van der Waals surface area contributed by atoms with Gasteiger partial charge in [0.1, 0.15) is 11.5 Å². The van der Waals surface area contributed by atoms with Crippen LogP contribution in [-0.4, -0.2) is 25.9 Å². The van der Waals surface area contributed by atoms with Gasteiger partial charge in [0, 0.05) is 0 Å². The van der Waals surface area contributed by atoms with E-state index in [4.69, 9.17) is 9.47 Å². The Labute approximate surface area is 171 Å². The summed E-state index contributed by atoms with van der Waals surface area (Å²) >= 11 is 0. The summed E-state index contributed by atoms with van der Waals surface area (Å²) in [5, 5.41) is 0. The Morgan fingerprint density at radius 1 is 1.17 bits per heavy atom. The fraction of sp³-hybridized carbons (Fsp3) is 0.333. The highest BCUT2D eigenvalue weighted by molar-refractivity contribution is 6.05. The van der Waals surface area contributed by atoms with E-state index in [0.29, 0.717) is 6.54 Å². The Kier molecular flexibility index (Phi) is 6.06. The lowest BCUT2D eigenvalue weighted by Gasteiger charge is -2.24. The number of ketones is 1. The summed E-state index contributed by atoms with van der Waals surface area (Å²) in [4.78, 5) is 26.2. The quantitative estimate of drug-likeness (QED) is 0.649. The summed E-state index contributed by atoms with van der Waals surface area (Å²) < 4.78 is 11.0. The molecule has 2 aromatic rings. The summed E-state index contributed by atoms with van der Waals surface area (Å²) in [5.41, 5.74) is 4.63. The van der Waals surface area contributed by atoms with Crippen molar-refractivity contribution in [1.29, 1.82) is 0 Å². The number of hydrogen-bond acceptors (Lipinski definition) is 4. The second-order valence-corrected chi connectivity index (χ2v) is 7.52. The van der Waals surface area contributed by atoms with Crippen LogP contribution in [0.25, 0.3) is 6.08 Å². The van der Waals surface area contributed by atoms with E-state index < -0.39 is 0 Å². The lowest BCUT2D eigenvalue weighted by atomic mass is 9.93. The number of allylic oxidation sites excluding steroid dienone is 1. The Morgan fingerprint density at radius 2 is 1.86 bits per heavy atom. The van der Waals surface area contributed by atoms with E-state index in [-0.39, 0.29) is 24.0 Å². The molecule has 2 aromatic carbocycles. The van der Waals surface area contributed by atoms with Crippen molar-refractivity contribution in [3.63, 3.8) is 0 Å². The van der Waals surface area contributed by atoms with E-state index >= 15 is 0 Å². The van der Waals surface area contributed by atoms with Crippen LogP contribution in [0, 0.1) is 0 Å². The van der Waals surface area contributed by atoms with Gasteiger partial charge in [-0.15, -0.1) is 0 Å². The van der Waals surface area contributed by atoms with E-state index in [1.165, 1.54) is 6.92 Å². The van der Waals surface area contributed by atoms with Gasteiger partial charge in [0.2, 0.25) is 5.91 Å².